The molecule has 0 saturated carbocycles. The van der Waals surface area contributed by atoms with Gasteiger partial charge in [0, 0.05) is 31.2 Å². The highest BCUT2D eigenvalue weighted by Gasteiger charge is 2.28. The Bertz CT molecular complexity index is 766. The van der Waals surface area contributed by atoms with Gasteiger partial charge in [0.25, 0.3) is 0 Å². The van der Waals surface area contributed by atoms with E-state index in [-0.39, 0.29) is 11.8 Å². The lowest BCUT2D eigenvalue weighted by atomic mass is 9.95. The SMILES string of the molecule is Cc1ccccc1N1CCC(CNC(=O)C2CCN(Cc3ccco3)CC2)C1. The molecule has 150 valence electrons. The third-order valence-corrected chi connectivity index (χ3v) is 6.22. The Kier molecular flexibility index (Phi) is 6.01. The van der Waals surface area contributed by atoms with Crippen molar-refractivity contribution in [3.63, 3.8) is 0 Å². The summed E-state index contributed by atoms with van der Waals surface area (Å²) in [4.78, 5) is 17.5. The van der Waals surface area contributed by atoms with Crippen LogP contribution in [-0.4, -0.2) is 43.5 Å². The van der Waals surface area contributed by atoms with Crippen LogP contribution in [0.15, 0.2) is 47.1 Å². The van der Waals surface area contributed by atoms with E-state index in [1.165, 1.54) is 11.3 Å². The molecule has 1 unspecified atom stereocenters. The summed E-state index contributed by atoms with van der Waals surface area (Å²) in [5.74, 6) is 1.94. The van der Waals surface area contributed by atoms with Crippen LogP contribution in [0.25, 0.3) is 0 Å². The molecule has 2 aromatic rings. The molecule has 2 fully saturated rings. The lowest BCUT2D eigenvalue weighted by Crippen LogP contribution is -2.41. The van der Waals surface area contributed by atoms with Crippen LogP contribution in [0.4, 0.5) is 5.69 Å². The van der Waals surface area contributed by atoms with Gasteiger partial charge in [-0.25, -0.2) is 0 Å². The van der Waals surface area contributed by atoms with Gasteiger partial charge in [0.2, 0.25) is 5.91 Å². The monoisotopic (exact) mass is 381 g/mol. The first kappa shape index (κ1) is 19.1. The Morgan fingerprint density at radius 2 is 1.93 bits per heavy atom. The fourth-order valence-electron chi connectivity index (χ4n) is 4.50. The molecule has 5 heteroatoms. The van der Waals surface area contributed by atoms with E-state index in [1.807, 2.05) is 12.1 Å². The van der Waals surface area contributed by atoms with Crippen molar-refractivity contribution in [1.29, 1.82) is 0 Å². The third-order valence-electron chi connectivity index (χ3n) is 6.22. The number of para-hydroxylation sites is 1. The number of rotatable bonds is 6. The molecule has 28 heavy (non-hydrogen) atoms. The van der Waals surface area contributed by atoms with Crippen LogP contribution in [0.3, 0.4) is 0 Å². The average Bonchev–Trinajstić information content (AvgIpc) is 3.39. The maximum absolute atomic E-state index is 12.6. The fraction of sp³-hybridized carbons (Fsp3) is 0.522. The van der Waals surface area contributed by atoms with E-state index in [4.69, 9.17) is 4.42 Å². The standard InChI is InChI=1S/C23H31N3O2/c1-18-5-2-3-7-22(18)26-13-8-19(16-26)15-24-23(27)20-9-11-25(12-10-20)17-21-6-4-14-28-21/h2-7,14,19-20H,8-13,15-17H2,1H3,(H,24,27). The lowest BCUT2D eigenvalue weighted by Gasteiger charge is -2.30. The molecule has 0 aliphatic carbocycles. The zero-order valence-corrected chi connectivity index (χ0v) is 16.8. The molecule has 1 N–H and O–H groups in total. The van der Waals surface area contributed by atoms with Crippen molar-refractivity contribution in [2.24, 2.45) is 11.8 Å². The predicted octanol–water partition coefficient (Wildman–Crippen LogP) is 3.44. The summed E-state index contributed by atoms with van der Waals surface area (Å²) >= 11 is 0. The highest BCUT2D eigenvalue weighted by molar-refractivity contribution is 5.78. The van der Waals surface area contributed by atoms with Crippen molar-refractivity contribution in [3.8, 4) is 0 Å². The van der Waals surface area contributed by atoms with E-state index in [9.17, 15) is 4.79 Å². The molecule has 2 aliphatic rings. The molecule has 0 radical (unpaired) electrons. The number of carbonyl (C=O) groups is 1. The highest BCUT2D eigenvalue weighted by Crippen LogP contribution is 2.26. The Hall–Kier alpha value is -2.27. The van der Waals surface area contributed by atoms with Gasteiger partial charge in [-0.2, -0.15) is 0 Å². The molecular formula is C23H31N3O2. The molecule has 3 heterocycles. The first-order valence-corrected chi connectivity index (χ1v) is 10.5. The Balaban J connectivity index is 1.19. The number of nitrogens with zero attached hydrogens (tertiary/aromatic N) is 2. The summed E-state index contributed by atoms with van der Waals surface area (Å²) in [7, 11) is 0. The minimum atomic E-state index is 0.154. The van der Waals surface area contributed by atoms with Gasteiger partial charge in [0.1, 0.15) is 5.76 Å². The minimum absolute atomic E-state index is 0.154. The van der Waals surface area contributed by atoms with Gasteiger partial charge in [0.05, 0.1) is 12.8 Å². The van der Waals surface area contributed by atoms with Gasteiger partial charge in [-0.15, -0.1) is 0 Å². The van der Waals surface area contributed by atoms with Crippen LogP contribution in [-0.2, 0) is 11.3 Å². The number of hydrogen-bond acceptors (Lipinski definition) is 4. The number of likely N-dealkylation sites (tertiary alicyclic amines) is 1. The van der Waals surface area contributed by atoms with Crippen LogP contribution in [0, 0.1) is 18.8 Å². The van der Waals surface area contributed by atoms with Gasteiger partial charge in [0.15, 0.2) is 0 Å². The summed E-state index contributed by atoms with van der Waals surface area (Å²) in [6.07, 6.45) is 4.74. The maximum atomic E-state index is 12.6. The fourth-order valence-corrected chi connectivity index (χ4v) is 4.50. The van der Waals surface area contributed by atoms with Crippen LogP contribution >= 0.6 is 0 Å². The van der Waals surface area contributed by atoms with Crippen LogP contribution in [0.2, 0.25) is 0 Å². The van der Waals surface area contributed by atoms with E-state index in [2.05, 4.69) is 46.3 Å². The van der Waals surface area contributed by atoms with E-state index in [0.29, 0.717) is 5.92 Å². The van der Waals surface area contributed by atoms with Crippen molar-refractivity contribution in [1.82, 2.24) is 10.2 Å². The zero-order valence-electron chi connectivity index (χ0n) is 16.8. The number of carbonyl (C=O) groups excluding carboxylic acids is 1. The third kappa shape index (κ3) is 4.58. The number of amides is 1. The zero-order chi connectivity index (χ0) is 19.3. The Morgan fingerprint density at radius 3 is 2.68 bits per heavy atom. The Labute approximate surface area is 167 Å². The van der Waals surface area contributed by atoms with E-state index in [1.54, 1.807) is 6.26 Å². The summed E-state index contributed by atoms with van der Waals surface area (Å²) in [6, 6.07) is 12.5. The number of aryl methyl sites for hydroxylation is 1. The molecule has 0 bridgehead atoms. The largest absolute Gasteiger partial charge is 0.468 e. The summed E-state index contributed by atoms with van der Waals surface area (Å²) < 4.78 is 5.43. The predicted molar refractivity (Wildman–Crippen MR) is 111 cm³/mol. The molecular weight excluding hydrogens is 350 g/mol. The maximum Gasteiger partial charge on any atom is 0.223 e. The number of furan rings is 1. The van der Waals surface area contributed by atoms with Crippen molar-refractivity contribution >= 4 is 11.6 Å². The van der Waals surface area contributed by atoms with E-state index < -0.39 is 0 Å². The van der Waals surface area contributed by atoms with Gasteiger partial charge in [-0.05, 0) is 69.0 Å². The number of benzene rings is 1. The smallest absolute Gasteiger partial charge is 0.223 e. The van der Waals surface area contributed by atoms with Crippen LogP contribution in [0.5, 0.6) is 0 Å². The van der Waals surface area contributed by atoms with Crippen LogP contribution < -0.4 is 10.2 Å². The normalized spacial score (nSPS) is 21.2. The number of hydrogen-bond donors (Lipinski definition) is 1. The topological polar surface area (TPSA) is 48.7 Å². The van der Waals surface area contributed by atoms with Gasteiger partial charge >= 0.3 is 0 Å². The molecule has 5 nitrogen and oxygen atoms in total. The molecule has 2 aliphatic heterocycles. The van der Waals surface area contributed by atoms with Crippen molar-refractivity contribution in [2.75, 3.05) is 37.6 Å². The summed E-state index contributed by atoms with van der Waals surface area (Å²) in [5, 5.41) is 3.24. The van der Waals surface area contributed by atoms with Crippen molar-refractivity contribution < 1.29 is 9.21 Å². The van der Waals surface area contributed by atoms with Gasteiger partial charge < -0.3 is 14.6 Å². The molecule has 1 amide bonds. The number of anilines is 1. The van der Waals surface area contributed by atoms with Gasteiger partial charge in [-0.3, -0.25) is 9.69 Å². The van der Waals surface area contributed by atoms with Gasteiger partial charge in [-0.1, -0.05) is 18.2 Å². The average molecular weight is 382 g/mol. The van der Waals surface area contributed by atoms with E-state index in [0.717, 1.165) is 64.3 Å². The van der Waals surface area contributed by atoms with Crippen molar-refractivity contribution in [2.45, 2.75) is 32.7 Å². The van der Waals surface area contributed by atoms with E-state index >= 15 is 0 Å². The second-order valence-electron chi connectivity index (χ2n) is 8.26. The molecule has 1 aromatic heterocycles. The number of nitrogens with one attached hydrogen (secondary N) is 1. The first-order chi connectivity index (χ1) is 13.7. The number of piperidine rings is 1. The molecule has 1 atom stereocenters. The second-order valence-corrected chi connectivity index (χ2v) is 8.26. The minimum Gasteiger partial charge on any atom is -0.468 e. The Morgan fingerprint density at radius 1 is 1.11 bits per heavy atom. The first-order valence-electron chi connectivity index (χ1n) is 10.5. The lowest BCUT2D eigenvalue weighted by molar-refractivity contribution is -0.126. The molecule has 2 saturated heterocycles. The molecule has 4 rings (SSSR count). The van der Waals surface area contributed by atoms with Crippen molar-refractivity contribution in [3.05, 3.63) is 54.0 Å². The summed E-state index contributed by atoms with van der Waals surface area (Å²) in [5.41, 5.74) is 2.66. The molecule has 0 spiro atoms. The molecule has 1 aromatic carbocycles. The quantitative estimate of drug-likeness (QED) is 0.833. The van der Waals surface area contributed by atoms with Crippen LogP contribution in [0.1, 0.15) is 30.6 Å². The second kappa shape index (κ2) is 8.82. The summed E-state index contributed by atoms with van der Waals surface area (Å²) in [6.45, 7) is 7.85. The highest BCUT2D eigenvalue weighted by atomic mass is 16.3.